The molecule has 0 saturated carbocycles. The van der Waals surface area contributed by atoms with E-state index in [4.69, 9.17) is 10.5 Å². The van der Waals surface area contributed by atoms with Crippen molar-refractivity contribution >= 4 is 5.91 Å². The van der Waals surface area contributed by atoms with Crippen molar-refractivity contribution in [2.75, 3.05) is 6.54 Å². The van der Waals surface area contributed by atoms with Gasteiger partial charge in [0.25, 0.3) is 0 Å². The third kappa shape index (κ3) is 3.41. The fraction of sp³-hybridized carbons (Fsp3) is 0.900. The maximum Gasteiger partial charge on any atom is 0.220 e. The molecule has 1 aliphatic rings. The minimum absolute atomic E-state index is 0.0730. The van der Waals surface area contributed by atoms with Gasteiger partial charge >= 0.3 is 0 Å². The molecule has 6 heteroatoms. The molecule has 0 radical (unpaired) electrons. The van der Waals surface area contributed by atoms with Crippen molar-refractivity contribution in [2.24, 2.45) is 5.73 Å². The maximum atomic E-state index is 10.7. The Morgan fingerprint density at radius 3 is 2.44 bits per heavy atom. The van der Waals surface area contributed by atoms with Crippen LogP contribution in [0.2, 0.25) is 0 Å². The van der Waals surface area contributed by atoms with E-state index in [-0.39, 0.29) is 12.5 Å². The monoisotopic (exact) mass is 232 g/mol. The van der Waals surface area contributed by atoms with Crippen molar-refractivity contribution in [3.8, 4) is 0 Å². The first-order chi connectivity index (χ1) is 7.41. The summed E-state index contributed by atoms with van der Waals surface area (Å²) in [4.78, 5) is 10.7. The van der Waals surface area contributed by atoms with Gasteiger partial charge in [-0.15, -0.1) is 0 Å². The summed E-state index contributed by atoms with van der Waals surface area (Å²) in [6, 6.07) is 0.267. The van der Waals surface area contributed by atoms with Crippen LogP contribution in [0.1, 0.15) is 20.3 Å². The van der Waals surface area contributed by atoms with Crippen molar-refractivity contribution in [1.82, 2.24) is 5.32 Å². The molecular weight excluding hydrogens is 212 g/mol. The Morgan fingerprint density at radius 1 is 1.38 bits per heavy atom. The number of ether oxygens (including phenoxy) is 1. The molecule has 0 aromatic rings. The number of carbonyl (C=O) groups is 1. The summed E-state index contributed by atoms with van der Waals surface area (Å²) >= 11 is 0. The van der Waals surface area contributed by atoms with Gasteiger partial charge in [-0.1, -0.05) is 13.8 Å². The van der Waals surface area contributed by atoms with Crippen molar-refractivity contribution < 1.29 is 19.7 Å². The van der Waals surface area contributed by atoms with Gasteiger partial charge in [0, 0.05) is 12.6 Å². The lowest BCUT2D eigenvalue weighted by molar-refractivity contribution is -0.121. The second-order valence-corrected chi connectivity index (χ2v) is 4.43. The van der Waals surface area contributed by atoms with E-state index in [1.165, 1.54) is 0 Å². The molecule has 1 aliphatic heterocycles. The third-order valence-corrected chi connectivity index (χ3v) is 2.59. The zero-order valence-electron chi connectivity index (χ0n) is 9.59. The molecule has 1 fully saturated rings. The van der Waals surface area contributed by atoms with E-state index in [0.717, 1.165) is 0 Å². The highest BCUT2D eigenvalue weighted by Crippen LogP contribution is 2.23. The number of carbonyl (C=O) groups excluding carboxylic acids is 1. The Kier molecular flexibility index (Phi) is 4.67. The van der Waals surface area contributed by atoms with E-state index >= 15 is 0 Å². The fourth-order valence-corrected chi connectivity index (χ4v) is 1.71. The highest BCUT2D eigenvalue weighted by atomic mass is 16.5. The Labute approximate surface area is 94.8 Å². The average molecular weight is 232 g/mol. The quantitative estimate of drug-likeness (QED) is 0.454. The van der Waals surface area contributed by atoms with E-state index in [9.17, 15) is 15.0 Å². The molecule has 0 aromatic carbocycles. The summed E-state index contributed by atoms with van der Waals surface area (Å²) in [7, 11) is 0. The number of aliphatic hydroxyl groups is 2. The van der Waals surface area contributed by atoms with Gasteiger partial charge in [-0.05, 0) is 0 Å². The third-order valence-electron chi connectivity index (χ3n) is 2.59. The average Bonchev–Trinajstić information content (AvgIpc) is 2.42. The fourth-order valence-electron chi connectivity index (χ4n) is 1.71. The number of rotatable bonds is 5. The lowest BCUT2D eigenvalue weighted by Gasteiger charge is -2.17. The predicted octanol–water partition coefficient (Wildman–Crippen LogP) is -1.65. The zero-order valence-corrected chi connectivity index (χ0v) is 9.59. The Balaban J connectivity index is 2.47. The largest absolute Gasteiger partial charge is 0.388 e. The normalized spacial score (nSPS) is 34.6. The van der Waals surface area contributed by atoms with Gasteiger partial charge in [0.05, 0.1) is 18.6 Å². The van der Waals surface area contributed by atoms with E-state index in [1.54, 1.807) is 0 Å². The number of nitrogens with two attached hydrogens (primary N) is 1. The Morgan fingerprint density at radius 2 is 1.94 bits per heavy atom. The Hall–Kier alpha value is -0.690. The van der Waals surface area contributed by atoms with Crippen LogP contribution in [0.15, 0.2) is 0 Å². The number of hydrogen-bond acceptors (Lipinski definition) is 5. The van der Waals surface area contributed by atoms with E-state index in [2.05, 4.69) is 5.32 Å². The second kappa shape index (κ2) is 5.58. The molecule has 0 aromatic heterocycles. The van der Waals surface area contributed by atoms with Gasteiger partial charge < -0.3 is 26.0 Å². The first-order valence-corrected chi connectivity index (χ1v) is 5.45. The maximum absolute atomic E-state index is 10.7. The molecule has 1 heterocycles. The van der Waals surface area contributed by atoms with Gasteiger partial charge in [0.15, 0.2) is 0 Å². The minimum Gasteiger partial charge on any atom is -0.388 e. The van der Waals surface area contributed by atoms with Crippen LogP contribution < -0.4 is 11.1 Å². The van der Waals surface area contributed by atoms with Crippen molar-refractivity contribution in [2.45, 2.75) is 50.7 Å². The highest BCUT2D eigenvalue weighted by molar-refractivity contribution is 5.74. The predicted molar refractivity (Wildman–Crippen MR) is 57.6 cm³/mol. The van der Waals surface area contributed by atoms with Crippen molar-refractivity contribution in [1.29, 1.82) is 0 Å². The van der Waals surface area contributed by atoms with Crippen LogP contribution in [-0.2, 0) is 9.53 Å². The van der Waals surface area contributed by atoms with Crippen LogP contribution in [0.25, 0.3) is 0 Å². The molecular formula is C10H20N2O4. The van der Waals surface area contributed by atoms with Crippen molar-refractivity contribution in [3.05, 3.63) is 0 Å². The number of amides is 1. The molecule has 16 heavy (non-hydrogen) atoms. The molecule has 1 amide bonds. The Bertz CT molecular complexity index is 247. The summed E-state index contributed by atoms with van der Waals surface area (Å²) in [6.07, 6.45) is -3.30. The first kappa shape index (κ1) is 13.4. The van der Waals surface area contributed by atoms with E-state index in [0.29, 0.717) is 6.54 Å². The molecule has 1 saturated heterocycles. The van der Waals surface area contributed by atoms with Crippen LogP contribution in [0.5, 0.6) is 0 Å². The summed E-state index contributed by atoms with van der Waals surface area (Å²) in [6.45, 7) is 4.38. The highest BCUT2D eigenvalue weighted by Gasteiger charge is 2.42. The molecule has 0 unspecified atom stereocenters. The molecule has 1 rings (SSSR count). The van der Waals surface area contributed by atoms with E-state index in [1.807, 2.05) is 13.8 Å². The lowest BCUT2D eigenvalue weighted by atomic mass is 10.1. The van der Waals surface area contributed by atoms with Crippen LogP contribution in [0.4, 0.5) is 0 Å². The second-order valence-electron chi connectivity index (χ2n) is 4.43. The number of aliphatic hydroxyl groups excluding tert-OH is 2. The van der Waals surface area contributed by atoms with Crippen LogP contribution in [-0.4, -0.2) is 53.1 Å². The van der Waals surface area contributed by atoms with Crippen LogP contribution in [0.3, 0.4) is 0 Å². The zero-order chi connectivity index (χ0) is 12.3. The standard InChI is InChI=1S/C10H20N2O4/c1-5(2)12-4-7-10(15)9(14)6(16-7)3-8(11)13/h5-7,9-10,12,14-15H,3-4H2,1-2H3,(H2,11,13)/t6-,7+,9-,10+/m0/s1. The van der Waals surface area contributed by atoms with Gasteiger partial charge in [-0.3, -0.25) is 4.79 Å². The van der Waals surface area contributed by atoms with E-state index < -0.39 is 30.3 Å². The van der Waals surface area contributed by atoms with Crippen molar-refractivity contribution in [3.63, 3.8) is 0 Å². The topological polar surface area (TPSA) is 105 Å². The number of nitrogens with one attached hydrogen (secondary N) is 1. The molecule has 4 atom stereocenters. The first-order valence-electron chi connectivity index (χ1n) is 5.45. The minimum atomic E-state index is -1.05. The molecule has 5 N–H and O–H groups in total. The molecule has 0 spiro atoms. The van der Waals surface area contributed by atoms with Gasteiger partial charge in [-0.25, -0.2) is 0 Å². The summed E-state index contributed by atoms with van der Waals surface area (Å²) < 4.78 is 5.38. The summed E-state index contributed by atoms with van der Waals surface area (Å²) in [5.41, 5.74) is 5.02. The van der Waals surface area contributed by atoms with Gasteiger partial charge in [-0.2, -0.15) is 0 Å². The van der Waals surface area contributed by atoms with Gasteiger partial charge in [0.1, 0.15) is 12.2 Å². The SMILES string of the molecule is CC(C)NC[C@H]1O[C@@H](CC(N)=O)[C@H](O)[C@@H]1O. The molecule has 0 bridgehead atoms. The molecule has 0 aliphatic carbocycles. The molecule has 6 nitrogen and oxygen atoms in total. The van der Waals surface area contributed by atoms with Crippen LogP contribution in [0, 0.1) is 0 Å². The number of primary amides is 1. The smallest absolute Gasteiger partial charge is 0.220 e. The summed E-state index contributed by atoms with van der Waals surface area (Å²) in [5, 5.41) is 22.4. The number of hydrogen-bond donors (Lipinski definition) is 4. The van der Waals surface area contributed by atoms with Gasteiger partial charge in [0.2, 0.25) is 5.91 Å². The molecule has 94 valence electrons. The lowest BCUT2D eigenvalue weighted by Crippen LogP contribution is -2.40. The van der Waals surface area contributed by atoms with Crippen LogP contribution >= 0.6 is 0 Å². The summed E-state index contributed by atoms with van der Waals surface area (Å²) in [5.74, 6) is -0.547.